The van der Waals surface area contributed by atoms with E-state index in [1.54, 1.807) is 11.8 Å². The van der Waals surface area contributed by atoms with Crippen LogP contribution in [0.3, 0.4) is 0 Å². The topological polar surface area (TPSA) is 72.5 Å². The molecule has 0 saturated carbocycles. The number of hydrogen-bond donors (Lipinski definition) is 2. The predicted molar refractivity (Wildman–Crippen MR) is 71.7 cm³/mol. The van der Waals surface area contributed by atoms with E-state index in [0.717, 1.165) is 31.6 Å². The first kappa shape index (κ1) is 13.5. The van der Waals surface area contributed by atoms with E-state index in [1.807, 2.05) is 11.8 Å². The van der Waals surface area contributed by atoms with Crippen LogP contribution in [0.1, 0.15) is 19.3 Å². The number of carboxylic acids is 1. The lowest BCUT2D eigenvalue weighted by atomic mass is 9.93. The number of thioether (sulfide) groups is 2. The Morgan fingerprint density at radius 1 is 1.71 bits per heavy atom. The monoisotopic (exact) mass is 277 g/mol. The van der Waals surface area contributed by atoms with Gasteiger partial charge in [-0.1, -0.05) is 0 Å². The van der Waals surface area contributed by atoms with Gasteiger partial charge in [0.15, 0.2) is 0 Å². The van der Waals surface area contributed by atoms with Gasteiger partial charge in [0.1, 0.15) is 6.04 Å². The Kier molecular flexibility index (Phi) is 4.63. The fraction of sp³-hybridized carbons (Fsp3) is 0.909. The highest BCUT2D eigenvalue weighted by Gasteiger charge is 2.40. The first-order valence-electron chi connectivity index (χ1n) is 5.93. The normalized spacial score (nSPS) is 35.0. The Bertz CT molecular complexity index is 282. The average molecular weight is 277 g/mol. The van der Waals surface area contributed by atoms with Gasteiger partial charge < -0.3 is 15.6 Å². The molecule has 17 heavy (non-hydrogen) atoms. The SMILES string of the molecule is N[C@H](CSC1CCOC2(CCSC2)C1)C(=O)O. The maximum atomic E-state index is 10.7. The Morgan fingerprint density at radius 2 is 2.53 bits per heavy atom. The molecule has 2 fully saturated rings. The van der Waals surface area contributed by atoms with Gasteiger partial charge in [-0.3, -0.25) is 4.79 Å². The molecule has 3 N–H and O–H groups in total. The van der Waals surface area contributed by atoms with E-state index >= 15 is 0 Å². The van der Waals surface area contributed by atoms with Crippen molar-refractivity contribution in [3.05, 3.63) is 0 Å². The summed E-state index contributed by atoms with van der Waals surface area (Å²) in [4.78, 5) is 10.7. The largest absolute Gasteiger partial charge is 0.480 e. The van der Waals surface area contributed by atoms with E-state index in [-0.39, 0.29) is 5.60 Å². The van der Waals surface area contributed by atoms with Crippen LogP contribution in [-0.2, 0) is 9.53 Å². The Morgan fingerprint density at radius 3 is 3.18 bits per heavy atom. The molecule has 4 nitrogen and oxygen atoms in total. The van der Waals surface area contributed by atoms with Crippen molar-refractivity contribution in [1.82, 2.24) is 0 Å². The minimum atomic E-state index is -0.907. The summed E-state index contributed by atoms with van der Waals surface area (Å²) >= 11 is 3.66. The standard InChI is InChI=1S/C11H19NO3S2/c12-9(10(13)14)6-17-8-1-3-15-11(5-8)2-4-16-7-11/h8-9H,1-7,12H2,(H,13,14)/t8?,9-,11?/m1/s1. The van der Waals surface area contributed by atoms with Gasteiger partial charge in [0.2, 0.25) is 0 Å². The van der Waals surface area contributed by atoms with Gasteiger partial charge in [0.05, 0.1) is 5.60 Å². The summed E-state index contributed by atoms with van der Waals surface area (Å²) in [7, 11) is 0. The Labute approximate surface area is 110 Å². The molecular weight excluding hydrogens is 258 g/mol. The third-order valence-corrected chi connectivity index (χ3v) is 5.99. The van der Waals surface area contributed by atoms with Crippen LogP contribution < -0.4 is 5.73 Å². The lowest BCUT2D eigenvalue weighted by Crippen LogP contribution is -2.42. The Balaban J connectivity index is 1.79. The van der Waals surface area contributed by atoms with Crippen LogP contribution >= 0.6 is 23.5 Å². The van der Waals surface area contributed by atoms with Crippen molar-refractivity contribution in [2.45, 2.75) is 36.2 Å². The molecule has 0 aromatic rings. The molecule has 0 bridgehead atoms. The summed E-state index contributed by atoms with van der Waals surface area (Å²) in [5.74, 6) is 1.88. The first-order chi connectivity index (χ1) is 8.11. The van der Waals surface area contributed by atoms with Crippen LogP contribution in [0.2, 0.25) is 0 Å². The van der Waals surface area contributed by atoms with E-state index < -0.39 is 12.0 Å². The van der Waals surface area contributed by atoms with Crippen molar-refractivity contribution >= 4 is 29.5 Å². The van der Waals surface area contributed by atoms with Crippen LogP contribution in [0, 0.1) is 0 Å². The van der Waals surface area contributed by atoms with Gasteiger partial charge in [0, 0.05) is 23.4 Å². The average Bonchev–Trinajstić information content (AvgIpc) is 2.74. The lowest BCUT2D eigenvalue weighted by molar-refractivity contribution is -0.137. The lowest BCUT2D eigenvalue weighted by Gasteiger charge is -2.37. The molecule has 2 aliphatic heterocycles. The molecule has 2 rings (SSSR count). The maximum Gasteiger partial charge on any atom is 0.321 e. The molecule has 2 unspecified atom stereocenters. The number of carbonyl (C=O) groups is 1. The zero-order valence-corrected chi connectivity index (χ0v) is 11.4. The fourth-order valence-electron chi connectivity index (χ4n) is 2.30. The van der Waals surface area contributed by atoms with Crippen molar-refractivity contribution in [2.24, 2.45) is 5.73 Å². The molecule has 6 heteroatoms. The molecule has 0 aliphatic carbocycles. The third-order valence-electron chi connectivity index (χ3n) is 3.34. The molecule has 98 valence electrons. The highest BCUT2D eigenvalue weighted by molar-refractivity contribution is 8.00. The molecule has 2 aliphatic rings. The molecule has 0 radical (unpaired) electrons. The van der Waals surface area contributed by atoms with Gasteiger partial charge in [-0.25, -0.2) is 0 Å². The zero-order valence-electron chi connectivity index (χ0n) is 9.76. The summed E-state index contributed by atoms with van der Waals surface area (Å²) in [5, 5.41) is 9.26. The minimum Gasteiger partial charge on any atom is -0.480 e. The summed E-state index contributed by atoms with van der Waals surface area (Å²) in [6, 6.07) is -0.739. The number of carboxylic acid groups (broad SMARTS) is 1. The van der Waals surface area contributed by atoms with Crippen molar-refractivity contribution < 1.29 is 14.6 Å². The summed E-state index contributed by atoms with van der Waals surface area (Å²) in [5.41, 5.74) is 5.60. The molecule has 1 spiro atoms. The summed E-state index contributed by atoms with van der Waals surface area (Å²) in [6.07, 6.45) is 3.21. The number of aliphatic carboxylic acids is 1. The zero-order chi connectivity index (χ0) is 12.3. The van der Waals surface area contributed by atoms with Crippen LogP contribution in [0.15, 0.2) is 0 Å². The van der Waals surface area contributed by atoms with E-state index in [1.165, 1.54) is 5.75 Å². The van der Waals surface area contributed by atoms with Gasteiger partial charge in [-0.05, 0) is 25.0 Å². The van der Waals surface area contributed by atoms with Crippen molar-refractivity contribution in [3.8, 4) is 0 Å². The molecule has 0 aromatic carbocycles. The van der Waals surface area contributed by atoms with Gasteiger partial charge >= 0.3 is 5.97 Å². The maximum absolute atomic E-state index is 10.7. The molecule has 0 aromatic heterocycles. The highest BCUT2D eigenvalue weighted by atomic mass is 32.2. The van der Waals surface area contributed by atoms with Crippen molar-refractivity contribution in [2.75, 3.05) is 23.9 Å². The van der Waals surface area contributed by atoms with Crippen LogP contribution in [0.5, 0.6) is 0 Å². The third kappa shape index (κ3) is 3.53. The molecule has 3 atom stereocenters. The molecule has 0 amide bonds. The first-order valence-corrected chi connectivity index (χ1v) is 8.13. The van der Waals surface area contributed by atoms with Crippen LogP contribution in [-0.4, -0.2) is 51.8 Å². The number of nitrogens with two attached hydrogens (primary N) is 1. The number of hydrogen-bond acceptors (Lipinski definition) is 5. The number of rotatable bonds is 4. The molecule has 2 heterocycles. The van der Waals surface area contributed by atoms with Gasteiger partial charge in [0.25, 0.3) is 0 Å². The summed E-state index contributed by atoms with van der Waals surface area (Å²) in [6.45, 7) is 0.806. The molecule has 2 saturated heterocycles. The second-order valence-electron chi connectivity index (χ2n) is 4.73. The van der Waals surface area contributed by atoms with E-state index in [4.69, 9.17) is 15.6 Å². The van der Waals surface area contributed by atoms with Gasteiger partial charge in [-0.15, -0.1) is 0 Å². The van der Waals surface area contributed by atoms with Crippen molar-refractivity contribution in [3.63, 3.8) is 0 Å². The van der Waals surface area contributed by atoms with Crippen LogP contribution in [0.25, 0.3) is 0 Å². The van der Waals surface area contributed by atoms with Crippen LogP contribution in [0.4, 0.5) is 0 Å². The van der Waals surface area contributed by atoms with Crippen molar-refractivity contribution in [1.29, 1.82) is 0 Å². The quantitative estimate of drug-likeness (QED) is 0.804. The smallest absolute Gasteiger partial charge is 0.321 e. The van der Waals surface area contributed by atoms with E-state index in [2.05, 4.69) is 0 Å². The predicted octanol–water partition coefficient (Wildman–Crippen LogP) is 1.19. The minimum absolute atomic E-state index is 0.0773. The van der Waals surface area contributed by atoms with Gasteiger partial charge in [-0.2, -0.15) is 23.5 Å². The molecular formula is C11H19NO3S2. The van der Waals surface area contributed by atoms with E-state index in [9.17, 15) is 4.79 Å². The summed E-state index contributed by atoms with van der Waals surface area (Å²) < 4.78 is 5.93. The number of ether oxygens (including phenoxy) is 1. The second-order valence-corrected chi connectivity index (χ2v) is 7.17. The second kappa shape index (κ2) is 5.82. The Hall–Kier alpha value is 0.0900. The fourth-order valence-corrected chi connectivity index (χ4v) is 4.98. The highest BCUT2D eigenvalue weighted by Crippen LogP contribution is 2.41. The van der Waals surface area contributed by atoms with E-state index in [0.29, 0.717) is 11.0 Å².